The largest absolute Gasteiger partial charge is 0.298 e. The number of hydrogen-bond acceptors (Lipinski definition) is 5. The van der Waals surface area contributed by atoms with Gasteiger partial charge in [-0.1, -0.05) is 0 Å². The Kier molecular flexibility index (Phi) is 2.82. The van der Waals surface area contributed by atoms with Crippen LogP contribution in [0.2, 0.25) is 0 Å². The molecule has 0 aliphatic heterocycles. The van der Waals surface area contributed by atoms with Crippen molar-refractivity contribution in [3.63, 3.8) is 0 Å². The van der Waals surface area contributed by atoms with Gasteiger partial charge in [0.25, 0.3) is 15.8 Å². The second-order valence-corrected chi connectivity index (χ2v) is 3.96. The summed E-state index contributed by atoms with van der Waals surface area (Å²) < 4.78 is 30.1. The lowest BCUT2D eigenvalue weighted by molar-refractivity contribution is -0.384. The van der Waals surface area contributed by atoms with Gasteiger partial charge in [0.1, 0.15) is 4.90 Å². The zero-order valence-electron chi connectivity index (χ0n) is 7.15. The topological polar surface area (TPSA) is 115 Å². The van der Waals surface area contributed by atoms with E-state index in [-0.39, 0.29) is 6.29 Å². The van der Waals surface area contributed by atoms with Gasteiger partial charge in [-0.3, -0.25) is 19.5 Å². The normalized spacial score (nSPS) is 11.0. The van der Waals surface area contributed by atoms with Gasteiger partial charge in [0.05, 0.1) is 4.92 Å². The quantitative estimate of drug-likeness (QED) is 0.353. The molecule has 1 rings (SSSR count). The molecule has 15 heavy (non-hydrogen) atoms. The Morgan fingerprint density at radius 3 is 2.40 bits per heavy atom. The zero-order chi connectivity index (χ0) is 11.6. The van der Waals surface area contributed by atoms with Crippen molar-refractivity contribution < 1.29 is 22.7 Å². The average Bonchev–Trinajstić information content (AvgIpc) is 2.15. The minimum atomic E-state index is -4.54. The molecule has 1 N–H and O–H groups in total. The first-order chi connectivity index (χ1) is 6.86. The second kappa shape index (κ2) is 3.75. The van der Waals surface area contributed by atoms with E-state index in [1.165, 1.54) is 0 Å². The van der Waals surface area contributed by atoms with Crippen molar-refractivity contribution in [2.24, 2.45) is 0 Å². The molecule has 7 nitrogen and oxygen atoms in total. The van der Waals surface area contributed by atoms with Crippen LogP contribution < -0.4 is 0 Å². The lowest BCUT2D eigenvalue weighted by Gasteiger charge is -2.00. The van der Waals surface area contributed by atoms with E-state index in [0.717, 1.165) is 18.2 Å². The van der Waals surface area contributed by atoms with Gasteiger partial charge in [-0.25, -0.2) is 0 Å². The summed E-state index contributed by atoms with van der Waals surface area (Å²) in [5.41, 5.74) is -0.879. The van der Waals surface area contributed by atoms with Crippen LogP contribution in [-0.4, -0.2) is 24.2 Å². The number of benzene rings is 1. The number of rotatable bonds is 3. The number of aldehydes is 1. The van der Waals surface area contributed by atoms with E-state index in [1.54, 1.807) is 0 Å². The summed E-state index contributed by atoms with van der Waals surface area (Å²) in [6.45, 7) is 0. The Hall–Kier alpha value is -1.80. The van der Waals surface area contributed by atoms with Gasteiger partial charge >= 0.3 is 0 Å². The van der Waals surface area contributed by atoms with E-state index in [1.807, 2.05) is 0 Å². The lowest BCUT2D eigenvalue weighted by Crippen LogP contribution is -2.03. The summed E-state index contributed by atoms with van der Waals surface area (Å²) >= 11 is 0. The van der Waals surface area contributed by atoms with Crippen molar-refractivity contribution in [3.8, 4) is 0 Å². The highest BCUT2D eigenvalue weighted by atomic mass is 32.2. The summed E-state index contributed by atoms with van der Waals surface area (Å²) in [7, 11) is -4.54. The van der Waals surface area contributed by atoms with Gasteiger partial charge in [0, 0.05) is 17.7 Å². The van der Waals surface area contributed by atoms with Gasteiger partial charge in [-0.2, -0.15) is 8.42 Å². The maximum atomic E-state index is 10.7. The molecular formula is C7H5NO6S. The zero-order valence-corrected chi connectivity index (χ0v) is 7.97. The van der Waals surface area contributed by atoms with Crippen molar-refractivity contribution in [3.05, 3.63) is 33.9 Å². The van der Waals surface area contributed by atoms with Crippen LogP contribution in [-0.2, 0) is 10.1 Å². The Morgan fingerprint density at radius 2 is 2.00 bits per heavy atom. The molecule has 0 heterocycles. The summed E-state index contributed by atoms with van der Waals surface area (Å²) in [5, 5.41) is 10.3. The van der Waals surface area contributed by atoms with Crippen molar-refractivity contribution in [2.75, 3.05) is 0 Å². The Morgan fingerprint density at radius 1 is 1.40 bits per heavy atom. The molecule has 0 saturated carbocycles. The smallest absolute Gasteiger partial charge is 0.295 e. The van der Waals surface area contributed by atoms with Crippen LogP contribution in [0.5, 0.6) is 0 Å². The third kappa shape index (κ3) is 2.36. The predicted octanol–water partition coefficient (Wildman–Crippen LogP) is 0.654. The fourth-order valence-electron chi connectivity index (χ4n) is 0.976. The van der Waals surface area contributed by atoms with Crippen LogP contribution in [0.15, 0.2) is 23.1 Å². The van der Waals surface area contributed by atoms with Crippen LogP contribution in [0.3, 0.4) is 0 Å². The Balaban J connectivity index is 3.47. The average molecular weight is 231 g/mol. The standard InChI is InChI=1S/C7H5NO6S/c9-4-5-3-6(8(10)11)1-2-7(5)15(12,13)14/h1-4H,(H,12,13,14). The molecule has 1 aromatic carbocycles. The van der Waals surface area contributed by atoms with E-state index in [0.29, 0.717) is 0 Å². The van der Waals surface area contributed by atoms with Crippen molar-refractivity contribution in [1.82, 2.24) is 0 Å². The molecule has 0 amide bonds. The van der Waals surface area contributed by atoms with Crippen LogP contribution >= 0.6 is 0 Å². The molecule has 0 aliphatic carbocycles. The first-order valence-corrected chi connectivity index (χ1v) is 5.01. The highest BCUT2D eigenvalue weighted by Gasteiger charge is 2.18. The van der Waals surface area contributed by atoms with Crippen LogP contribution in [0.4, 0.5) is 5.69 Å². The number of carbonyl (C=O) groups excluding carboxylic acids is 1. The van der Waals surface area contributed by atoms with E-state index in [4.69, 9.17) is 4.55 Å². The molecule has 0 aromatic heterocycles. The van der Waals surface area contributed by atoms with Crippen LogP contribution in [0.25, 0.3) is 0 Å². The first-order valence-electron chi connectivity index (χ1n) is 3.57. The molecule has 0 spiro atoms. The molecule has 80 valence electrons. The minimum absolute atomic E-state index is 0.121. The van der Waals surface area contributed by atoms with Crippen molar-refractivity contribution >= 4 is 22.1 Å². The van der Waals surface area contributed by atoms with Crippen LogP contribution in [0.1, 0.15) is 10.4 Å². The fourth-order valence-corrected chi connectivity index (χ4v) is 1.62. The molecule has 0 saturated heterocycles. The van der Waals surface area contributed by atoms with E-state index in [9.17, 15) is 23.3 Å². The maximum absolute atomic E-state index is 10.7. The van der Waals surface area contributed by atoms with Gasteiger partial charge < -0.3 is 0 Å². The van der Waals surface area contributed by atoms with Gasteiger partial charge in [0.15, 0.2) is 6.29 Å². The Labute approximate surface area is 84.2 Å². The summed E-state index contributed by atoms with van der Waals surface area (Å²) in [5.74, 6) is 0. The molecule has 0 radical (unpaired) electrons. The predicted molar refractivity (Wildman–Crippen MR) is 48.3 cm³/mol. The monoisotopic (exact) mass is 231 g/mol. The number of nitro benzene ring substituents is 1. The molecule has 0 aliphatic rings. The van der Waals surface area contributed by atoms with Gasteiger partial charge in [-0.15, -0.1) is 0 Å². The minimum Gasteiger partial charge on any atom is -0.298 e. The molecule has 0 atom stereocenters. The molecule has 0 fully saturated rings. The van der Waals surface area contributed by atoms with Gasteiger partial charge in [0.2, 0.25) is 0 Å². The SMILES string of the molecule is O=Cc1cc([N+](=O)[O-])ccc1S(=O)(=O)O. The summed E-state index contributed by atoms with van der Waals surface area (Å²) in [6, 6.07) is 2.46. The summed E-state index contributed by atoms with van der Waals surface area (Å²) in [6.07, 6.45) is 0.121. The van der Waals surface area contributed by atoms with Crippen LogP contribution in [0, 0.1) is 10.1 Å². The third-order valence-corrected chi connectivity index (χ3v) is 2.54. The van der Waals surface area contributed by atoms with E-state index >= 15 is 0 Å². The second-order valence-electron chi connectivity index (χ2n) is 2.57. The number of nitrogens with zero attached hydrogens (tertiary/aromatic N) is 1. The molecular weight excluding hydrogens is 226 g/mol. The van der Waals surface area contributed by atoms with Gasteiger partial charge in [-0.05, 0) is 6.07 Å². The Bertz CT molecular complexity index is 520. The molecule has 8 heteroatoms. The number of nitro groups is 1. The number of non-ortho nitro benzene ring substituents is 1. The fraction of sp³-hybridized carbons (Fsp3) is 0. The highest BCUT2D eigenvalue weighted by Crippen LogP contribution is 2.20. The lowest BCUT2D eigenvalue weighted by atomic mass is 10.2. The molecule has 1 aromatic rings. The van der Waals surface area contributed by atoms with Crippen molar-refractivity contribution in [2.45, 2.75) is 4.90 Å². The molecule has 0 bridgehead atoms. The summed E-state index contributed by atoms with van der Waals surface area (Å²) in [4.78, 5) is 19.3. The first kappa shape index (κ1) is 11.3. The maximum Gasteiger partial charge on any atom is 0.295 e. The molecule has 0 unspecified atom stereocenters. The number of carbonyl (C=O) groups is 1. The number of hydrogen-bond donors (Lipinski definition) is 1. The van der Waals surface area contributed by atoms with Crippen molar-refractivity contribution in [1.29, 1.82) is 0 Å². The highest BCUT2D eigenvalue weighted by molar-refractivity contribution is 7.86. The van der Waals surface area contributed by atoms with E-state index < -0.39 is 31.2 Å². The van der Waals surface area contributed by atoms with E-state index in [2.05, 4.69) is 0 Å². The third-order valence-electron chi connectivity index (χ3n) is 1.61.